The van der Waals surface area contributed by atoms with Crippen molar-refractivity contribution in [2.45, 2.75) is 0 Å². The van der Waals surface area contributed by atoms with Gasteiger partial charge >= 0.3 is 0 Å². The molecule has 136 valence electrons. The lowest BCUT2D eigenvalue weighted by atomic mass is 10.2. The quantitative estimate of drug-likeness (QED) is 0.344. The van der Waals surface area contributed by atoms with Crippen molar-refractivity contribution >= 4 is 72.1 Å². The van der Waals surface area contributed by atoms with Crippen LogP contribution < -0.4 is 26.1 Å². The smallest absolute Gasteiger partial charge is 0.184 e. The van der Waals surface area contributed by atoms with Crippen molar-refractivity contribution in [2.75, 3.05) is 5.32 Å². The molecule has 0 atom stereocenters. The molecule has 1 nitrogen and oxygen atoms in total. The average molecular weight is 507 g/mol. The molecule has 0 amide bonds. The predicted molar refractivity (Wildman–Crippen MR) is 129 cm³/mol. The summed E-state index contributed by atoms with van der Waals surface area (Å²) in [6.07, 6.45) is 0. The van der Waals surface area contributed by atoms with Crippen LogP contribution in [0, 0.1) is 0 Å². The van der Waals surface area contributed by atoms with Gasteiger partial charge in [-0.2, -0.15) is 0 Å². The zero-order valence-corrected chi connectivity index (χ0v) is 19.2. The first-order valence-corrected chi connectivity index (χ1v) is 12.8. The number of hydrogen-bond donors (Lipinski definition) is 1. The lowest BCUT2D eigenvalue weighted by Crippen LogP contribution is -2.76. The Kier molecular flexibility index (Phi) is 4.50. The molecule has 0 saturated heterocycles. The van der Waals surface area contributed by atoms with Crippen molar-refractivity contribution in [2.24, 2.45) is 0 Å². The van der Waals surface area contributed by atoms with Crippen LogP contribution in [-0.4, -0.2) is 8.07 Å². The van der Waals surface area contributed by atoms with Gasteiger partial charge in [0.25, 0.3) is 0 Å². The van der Waals surface area contributed by atoms with E-state index in [0.29, 0.717) is 0 Å². The molecule has 4 aromatic carbocycles. The zero-order chi connectivity index (χ0) is 19.1. The molecule has 0 unspecified atom stereocenters. The van der Waals surface area contributed by atoms with Crippen LogP contribution >= 0.6 is 31.9 Å². The molecule has 1 aliphatic rings. The number of nitrogens with one attached hydrogen (secondary N) is 1. The maximum atomic E-state index is 3.73. The van der Waals surface area contributed by atoms with Crippen LogP contribution in [0.15, 0.2) is 106 Å². The third-order valence-corrected chi connectivity index (χ3v) is 11.3. The number of hydrogen-bond acceptors (Lipinski definition) is 1. The van der Waals surface area contributed by atoms with Crippen molar-refractivity contribution < 1.29 is 0 Å². The average Bonchev–Trinajstić information content (AvgIpc) is 2.74. The second kappa shape index (κ2) is 7.03. The van der Waals surface area contributed by atoms with Crippen LogP contribution in [0.5, 0.6) is 0 Å². The molecule has 4 heteroatoms. The highest BCUT2D eigenvalue weighted by atomic mass is 79.9. The van der Waals surface area contributed by atoms with Gasteiger partial charge in [-0.1, -0.05) is 92.5 Å². The molecule has 0 bridgehead atoms. The summed E-state index contributed by atoms with van der Waals surface area (Å²) in [6, 6.07) is 35.2. The zero-order valence-electron chi connectivity index (χ0n) is 15.0. The number of benzene rings is 4. The van der Waals surface area contributed by atoms with E-state index in [-0.39, 0.29) is 0 Å². The molecule has 1 heterocycles. The highest BCUT2D eigenvalue weighted by Crippen LogP contribution is 2.29. The van der Waals surface area contributed by atoms with Crippen LogP contribution in [0.4, 0.5) is 11.4 Å². The Bertz CT molecular complexity index is 1070. The summed E-state index contributed by atoms with van der Waals surface area (Å²) in [5.74, 6) is 0. The fourth-order valence-corrected chi connectivity index (χ4v) is 10.6. The molecular weight excluding hydrogens is 490 g/mol. The van der Waals surface area contributed by atoms with Gasteiger partial charge in [0.2, 0.25) is 0 Å². The summed E-state index contributed by atoms with van der Waals surface area (Å²) in [4.78, 5) is 0. The van der Waals surface area contributed by atoms with E-state index in [4.69, 9.17) is 0 Å². The Balaban J connectivity index is 1.99. The summed E-state index contributed by atoms with van der Waals surface area (Å²) in [7, 11) is -2.46. The van der Waals surface area contributed by atoms with Gasteiger partial charge in [-0.15, -0.1) is 0 Å². The molecule has 5 rings (SSSR count). The van der Waals surface area contributed by atoms with Gasteiger partial charge < -0.3 is 5.32 Å². The molecule has 1 aliphatic heterocycles. The molecular formula is C24H17Br2NSi. The molecule has 0 radical (unpaired) electrons. The SMILES string of the molecule is Brc1ccc2c(c1)[Si](c1ccccc1)(c1ccccc1)c1cc(Br)ccc1N2. The normalized spacial score (nSPS) is 13.9. The molecule has 0 spiro atoms. The lowest BCUT2D eigenvalue weighted by Gasteiger charge is -2.40. The minimum absolute atomic E-state index is 1.11. The topological polar surface area (TPSA) is 12.0 Å². The number of halogens is 2. The first-order valence-electron chi connectivity index (χ1n) is 9.18. The van der Waals surface area contributed by atoms with Crippen molar-refractivity contribution in [3.05, 3.63) is 106 Å². The number of fused-ring (bicyclic) bond motifs is 2. The van der Waals surface area contributed by atoms with Gasteiger partial charge in [-0.05, 0) is 57.1 Å². The Morgan fingerprint density at radius 2 is 0.964 bits per heavy atom. The molecule has 0 saturated carbocycles. The number of anilines is 2. The Labute approximate surface area is 182 Å². The standard InChI is InChI=1S/C24H17Br2NSi/c25-17-11-13-21-23(15-17)28(19-7-3-1-4-8-19,20-9-5-2-6-10-20)24-16-18(26)12-14-22(24)27-21/h1-16,27H. The maximum absolute atomic E-state index is 3.73. The van der Waals surface area contributed by atoms with Gasteiger partial charge in [0.15, 0.2) is 8.07 Å². The molecule has 1 N–H and O–H groups in total. The highest BCUT2D eigenvalue weighted by molar-refractivity contribution is 9.10. The summed E-state index contributed by atoms with van der Waals surface area (Å²) in [5.41, 5.74) is 2.38. The second-order valence-electron chi connectivity index (χ2n) is 6.99. The highest BCUT2D eigenvalue weighted by Gasteiger charge is 2.46. The van der Waals surface area contributed by atoms with Crippen molar-refractivity contribution in [3.8, 4) is 0 Å². The summed E-state index contributed by atoms with van der Waals surface area (Å²) in [6.45, 7) is 0. The van der Waals surface area contributed by atoms with Gasteiger partial charge in [0.1, 0.15) is 0 Å². The third-order valence-electron chi connectivity index (χ3n) is 5.45. The third kappa shape index (κ3) is 2.71. The molecule has 0 aromatic heterocycles. The van der Waals surface area contributed by atoms with Crippen LogP contribution in [0.25, 0.3) is 0 Å². The molecule has 4 aromatic rings. The number of rotatable bonds is 2. The first-order chi connectivity index (χ1) is 13.7. The van der Waals surface area contributed by atoms with Gasteiger partial charge in [0.05, 0.1) is 0 Å². The fraction of sp³-hybridized carbons (Fsp3) is 0. The summed E-state index contributed by atoms with van der Waals surface area (Å²) >= 11 is 7.45. The molecule has 28 heavy (non-hydrogen) atoms. The van der Waals surface area contributed by atoms with E-state index < -0.39 is 8.07 Å². The van der Waals surface area contributed by atoms with E-state index in [1.54, 1.807) is 0 Å². The first kappa shape index (κ1) is 17.9. The van der Waals surface area contributed by atoms with Crippen molar-refractivity contribution in [1.82, 2.24) is 0 Å². The summed E-state index contributed by atoms with van der Waals surface area (Å²) < 4.78 is 2.21. The Morgan fingerprint density at radius 3 is 1.39 bits per heavy atom. The van der Waals surface area contributed by atoms with Crippen LogP contribution in [0.2, 0.25) is 0 Å². The second-order valence-corrected chi connectivity index (χ2v) is 12.6. The van der Waals surface area contributed by atoms with Crippen molar-refractivity contribution in [1.29, 1.82) is 0 Å². The van der Waals surface area contributed by atoms with E-state index in [2.05, 4.69) is 134 Å². The van der Waals surface area contributed by atoms with Gasteiger partial charge in [-0.3, -0.25) is 0 Å². The van der Waals surface area contributed by atoms with E-state index in [0.717, 1.165) is 8.95 Å². The van der Waals surface area contributed by atoms with E-state index in [9.17, 15) is 0 Å². The monoisotopic (exact) mass is 505 g/mol. The predicted octanol–water partition coefficient (Wildman–Crippen LogP) is 4.65. The van der Waals surface area contributed by atoms with Crippen molar-refractivity contribution in [3.63, 3.8) is 0 Å². The fourth-order valence-electron chi connectivity index (χ4n) is 4.33. The van der Waals surface area contributed by atoms with E-state index in [1.165, 1.54) is 32.1 Å². The van der Waals surface area contributed by atoms with E-state index in [1.807, 2.05) is 0 Å². The van der Waals surface area contributed by atoms with Crippen LogP contribution in [0.1, 0.15) is 0 Å². The molecule has 0 fully saturated rings. The van der Waals surface area contributed by atoms with Gasteiger partial charge in [-0.25, -0.2) is 0 Å². The Hall–Kier alpha value is -2.14. The maximum Gasteiger partial charge on any atom is 0.184 e. The summed E-state index contributed by atoms with van der Waals surface area (Å²) in [5, 5.41) is 9.22. The minimum atomic E-state index is -2.46. The largest absolute Gasteiger partial charge is 0.356 e. The Morgan fingerprint density at radius 1 is 0.536 bits per heavy atom. The van der Waals surface area contributed by atoms with Gasteiger partial charge in [0, 0.05) is 20.3 Å². The van der Waals surface area contributed by atoms with Crippen LogP contribution in [0.3, 0.4) is 0 Å². The lowest BCUT2D eigenvalue weighted by molar-refractivity contribution is 1.52. The minimum Gasteiger partial charge on any atom is -0.356 e. The van der Waals surface area contributed by atoms with Crippen LogP contribution in [-0.2, 0) is 0 Å². The van der Waals surface area contributed by atoms with E-state index >= 15 is 0 Å². The molecule has 0 aliphatic carbocycles.